The van der Waals surface area contributed by atoms with Crippen molar-refractivity contribution in [2.75, 3.05) is 39.3 Å². The molecule has 0 atom stereocenters. The first-order valence-electron chi connectivity index (χ1n) is 8.31. The van der Waals surface area contributed by atoms with E-state index < -0.39 is 0 Å². The molecule has 118 valence electrons. The molecule has 1 heterocycles. The Morgan fingerprint density at radius 2 is 1.48 bits per heavy atom. The first-order valence-corrected chi connectivity index (χ1v) is 8.31. The van der Waals surface area contributed by atoms with Gasteiger partial charge in [0.05, 0.1) is 0 Å². The van der Waals surface area contributed by atoms with Crippen molar-refractivity contribution in [3.05, 3.63) is 34.4 Å². The van der Waals surface area contributed by atoms with Crippen LogP contribution in [0.4, 0.5) is 0 Å². The Morgan fingerprint density at radius 3 is 2.05 bits per heavy atom. The Hall–Kier alpha value is -0.900. The van der Waals surface area contributed by atoms with Crippen LogP contribution in [0.25, 0.3) is 0 Å². The summed E-state index contributed by atoms with van der Waals surface area (Å²) in [5.74, 6) is 0. The van der Waals surface area contributed by atoms with Crippen LogP contribution in [0.1, 0.15) is 35.1 Å². The lowest BCUT2D eigenvalue weighted by atomic mass is 9.99. The number of piperazine rings is 1. The van der Waals surface area contributed by atoms with Crippen molar-refractivity contribution in [3.63, 3.8) is 0 Å². The molecular formula is C18H31N3. The van der Waals surface area contributed by atoms with Crippen molar-refractivity contribution in [3.8, 4) is 0 Å². The molecule has 3 heteroatoms. The summed E-state index contributed by atoms with van der Waals surface area (Å²) in [5, 5.41) is 0. The van der Waals surface area contributed by atoms with Crippen molar-refractivity contribution in [2.24, 2.45) is 5.73 Å². The molecule has 2 rings (SSSR count). The van der Waals surface area contributed by atoms with Crippen LogP contribution >= 0.6 is 0 Å². The Bertz CT molecular complexity index is 425. The molecule has 1 fully saturated rings. The molecule has 0 saturated carbocycles. The lowest BCUT2D eigenvalue weighted by Crippen LogP contribution is -2.46. The number of nitrogens with two attached hydrogens (primary N) is 1. The van der Waals surface area contributed by atoms with Gasteiger partial charge < -0.3 is 10.6 Å². The summed E-state index contributed by atoms with van der Waals surface area (Å²) in [6, 6.07) is 4.62. The first-order chi connectivity index (χ1) is 10.1. The van der Waals surface area contributed by atoms with Crippen molar-refractivity contribution >= 4 is 0 Å². The molecular weight excluding hydrogens is 258 g/mol. The highest BCUT2D eigenvalue weighted by molar-refractivity contribution is 5.37. The number of unbranched alkanes of at least 4 members (excludes halogenated alkanes) is 1. The van der Waals surface area contributed by atoms with Crippen LogP contribution < -0.4 is 5.73 Å². The van der Waals surface area contributed by atoms with Crippen molar-refractivity contribution < 1.29 is 0 Å². The van der Waals surface area contributed by atoms with E-state index in [1.54, 1.807) is 0 Å². The fourth-order valence-corrected chi connectivity index (χ4v) is 3.33. The number of aryl methyl sites for hydroxylation is 3. The van der Waals surface area contributed by atoms with E-state index in [2.05, 4.69) is 42.7 Å². The summed E-state index contributed by atoms with van der Waals surface area (Å²) >= 11 is 0. The number of hydrogen-bond donors (Lipinski definition) is 1. The Balaban J connectivity index is 1.84. The van der Waals surface area contributed by atoms with Crippen LogP contribution in [0.3, 0.4) is 0 Å². The number of benzene rings is 1. The van der Waals surface area contributed by atoms with Crippen LogP contribution in [0.5, 0.6) is 0 Å². The molecule has 0 aliphatic carbocycles. The SMILES string of the molecule is Cc1cc(C)c(CN2CCN(CCCCN)CC2)c(C)c1. The largest absolute Gasteiger partial charge is 0.330 e. The molecule has 1 aromatic carbocycles. The highest BCUT2D eigenvalue weighted by atomic mass is 15.3. The average Bonchev–Trinajstić information content (AvgIpc) is 2.44. The highest BCUT2D eigenvalue weighted by Gasteiger charge is 2.17. The van der Waals surface area contributed by atoms with E-state index in [-0.39, 0.29) is 0 Å². The van der Waals surface area contributed by atoms with E-state index in [4.69, 9.17) is 5.73 Å². The van der Waals surface area contributed by atoms with Gasteiger partial charge in [-0.05, 0) is 63.4 Å². The number of rotatable bonds is 6. The van der Waals surface area contributed by atoms with E-state index in [0.29, 0.717) is 0 Å². The van der Waals surface area contributed by atoms with E-state index in [9.17, 15) is 0 Å². The second-order valence-corrected chi connectivity index (χ2v) is 6.49. The molecule has 0 unspecified atom stereocenters. The van der Waals surface area contributed by atoms with Crippen LogP contribution in [-0.2, 0) is 6.54 Å². The van der Waals surface area contributed by atoms with Gasteiger partial charge in [-0.3, -0.25) is 4.90 Å². The van der Waals surface area contributed by atoms with Gasteiger partial charge in [0.15, 0.2) is 0 Å². The topological polar surface area (TPSA) is 32.5 Å². The molecule has 3 nitrogen and oxygen atoms in total. The van der Waals surface area contributed by atoms with Crippen LogP contribution in [0.2, 0.25) is 0 Å². The van der Waals surface area contributed by atoms with Crippen molar-refractivity contribution in [1.29, 1.82) is 0 Å². The first kappa shape index (κ1) is 16.5. The predicted octanol–water partition coefficient (Wildman–Crippen LogP) is 2.47. The smallest absolute Gasteiger partial charge is 0.0240 e. The third-order valence-electron chi connectivity index (χ3n) is 4.62. The summed E-state index contributed by atoms with van der Waals surface area (Å²) in [5.41, 5.74) is 11.3. The minimum Gasteiger partial charge on any atom is -0.330 e. The second kappa shape index (κ2) is 7.92. The van der Waals surface area contributed by atoms with Gasteiger partial charge in [0, 0.05) is 32.7 Å². The maximum Gasteiger partial charge on any atom is 0.0240 e. The average molecular weight is 289 g/mol. The molecule has 1 aromatic rings. The molecule has 1 saturated heterocycles. The summed E-state index contributed by atoms with van der Waals surface area (Å²) in [4.78, 5) is 5.19. The summed E-state index contributed by atoms with van der Waals surface area (Å²) < 4.78 is 0. The molecule has 2 N–H and O–H groups in total. The van der Waals surface area contributed by atoms with Gasteiger partial charge in [-0.25, -0.2) is 0 Å². The minimum absolute atomic E-state index is 0.825. The highest BCUT2D eigenvalue weighted by Crippen LogP contribution is 2.19. The molecule has 21 heavy (non-hydrogen) atoms. The molecule has 0 spiro atoms. The Kier molecular flexibility index (Phi) is 6.22. The monoisotopic (exact) mass is 289 g/mol. The fourth-order valence-electron chi connectivity index (χ4n) is 3.33. The van der Waals surface area contributed by atoms with Gasteiger partial charge in [0.25, 0.3) is 0 Å². The zero-order chi connectivity index (χ0) is 15.2. The Morgan fingerprint density at radius 1 is 0.905 bits per heavy atom. The van der Waals surface area contributed by atoms with Crippen molar-refractivity contribution in [1.82, 2.24) is 9.80 Å². The van der Waals surface area contributed by atoms with Crippen LogP contribution in [-0.4, -0.2) is 49.1 Å². The standard InChI is InChI=1S/C18H31N3/c1-15-12-16(2)18(17(3)13-15)14-21-10-8-20(9-11-21)7-5-4-6-19/h12-13H,4-11,14,19H2,1-3H3. The van der Waals surface area contributed by atoms with Gasteiger partial charge in [-0.1, -0.05) is 17.7 Å². The lowest BCUT2D eigenvalue weighted by Gasteiger charge is -2.35. The van der Waals surface area contributed by atoms with Gasteiger partial charge >= 0.3 is 0 Å². The van der Waals surface area contributed by atoms with Crippen molar-refractivity contribution in [2.45, 2.75) is 40.2 Å². The number of hydrogen-bond acceptors (Lipinski definition) is 3. The second-order valence-electron chi connectivity index (χ2n) is 6.49. The van der Waals surface area contributed by atoms with Gasteiger partial charge in [0.1, 0.15) is 0 Å². The Labute approximate surface area is 130 Å². The fraction of sp³-hybridized carbons (Fsp3) is 0.667. The van der Waals surface area contributed by atoms with E-state index >= 15 is 0 Å². The van der Waals surface area contributed by atoms with E-state index in [1.165, 1.54) is 61.4 Å². The third kappa shape index (κ3) is 4.80. The summed E-state index contributed by atoms with van der Waals surface area (Å²) in [6.07, 6.45) is 2.40. The molecule has 0 radical (unpaired) electrons. The lowest BCUT2D eigenvalue weighted by molar-refractivity contribution is 0.125. The molecule has 0 bridgehead atoms. The molecule has 1 aliphatic heterocycles. The predicted molar refractivity (Wildman–Crippen MR) is 90.7 cm³/mol. The van der Waals surface area contributed by atoms with Gasteiger partial charge in [-0.2, -0.15) is 0 Å². The van der Waals surface area contributed by atoms with Gasteiger partial charge in [-0.15, -0.1) is 0 Å². The number of nitrogens with zero attached hydrogens (tertiary/aromatic N) is 2. The summed E-state index contributed by atoms with van der Waals surface area (Å²) in [7, 11) is 0. The zero-order valence-corrected chi connectivity index (χ0v) is 14.0. The van der Waals surface area contributed by atoms with Gasteiger partial charge in [0.2, 0.25) is 0 Å². The third-order valence-corrected chi connectivity index (χ3v) is 4.62. The van der Waals surface area contributed by atoms with E-state index in [1.807, 2.05) is 0 Å². The van der Waals surface area contributed by atoms with E-state index in [0.717, 1.165) is 19.5 Å². The molecule has 1 aliphatic rings. The zero-order valence-electron chi connectivity index (χ0n) is 14.0. The van der Waals surface area contributed by atoms with Crippen LogP contribution in [0.15, 0.2) is 12.1 Å². The van der Waals surface area contributed by atoms with Crippen LogP contribution in [0, 0.1) is 20.8 Å². The summed E-state index contributed by atoms with van der Waals surface area (Å²) in [6.45, 7) is 14.6. The molecule has 0 aromatic heterocycles. The molecule has 0 amide bonds. The maximum atomic E-state index is 5.56. The maximum absolute atomic E-state index is 5.56. The quantitative estimate of drug-likeness (QED) is 0.817. The minimum atomic E-state index is 0.825. The normalized spacial score (nSPS) is 17.3.